The van der Waals surface area contributed by atoms with Gasteiger partial charge in [-0.15, -0.1) is 0 Å². The zero-order chi connectivity index (χ0) is 21.3. The first kappa shape index (κ1) is 22.8. The van der Waals surface area contributed by atoms with E-state index in [1.165, 1.54) is 16.7 Å². The van der Waals surface area contributed by atoms with Crippen molar-refractivity contribution in [1.82, 2.24) is 9.80 Å². The lowest BCUT2D eigenvalue weighted by Gasteiger charge is -2.31. The normalized spacial score (nSPS) is 16.0. The Morgan fingerprint density at radius 2 is 1.83 bits per heavy atom. The second kappa shape index (κ2) is 11.5. The fourth-order valence-electron chi connectivity index (χ4n) is 3.81. The van der Waals surface area contributed by atoms with Crippen molar-refractivity contribution in [1.29, 1.82) is 0 Å². The highest BCUT2D eigenvalue weighted by Gasteiger charge is 2.17. The SMILES string of the molecule is Cc1ccc(C)c(CN(CCN2CCOCC2)C[C@H](O)COc2ccccc2C)c1. The van der Waals surface area contributed by atoms with Crippen LogP contribution in [-0.4, -0.2) is 73.6 Å². The molecule has 2 aromatic rings. The molecule has 0 aromatic heterocycles. The fourth-order valence-corrected chi connectivity index (χ4v) is 3.81. The smallest absolute Gasteiger partial charge is 0.122 e. The Hall–Kier alpha value is -1.92. The lowest BCUT2D eigenvalue weighted by molar-refractivity contribution is 0.0255. The van der Waals surface area contributed by atoms with E-state index in [0.29, 0.717) is 13.2 Å². The van der Waals surface area contributed by atoms with Crippen molar-refractivity contribution in [2.24, 2.45) is 0 Å². The number of ether oxygens (including phenoxy) is 2. The van der Waals surface area contributed by atoms with E-state index in [1.807, 2.05) is 31.2 Å². The standard InChI is InChI=1S/C25H36N2O3/c1-20-8-9-21(2)23(16-20)17-27(11-10-26-12-14-29-15-13-26)18-24(28)19-30-25-7-5-4-6-22(25)3/h4-9,16,24,28H,10-15,17-19H2,1-3H3/t24-/m0/s1. The quantitative estimate of drug-likeness (QED) is 0.649. The maximum absolute atomic E-state index is 10.7. The lowest BCUT2D eigenvalue weighted by Crippen LogP contribution is -2.43. The van der Waals surface area contributed by atoms with E-state index in [4.69, 9.17) is 9.47 Å². The van der Waals surface area contributed by atoms with Gasteiger partial charge >= 0.3 is 0 Å². The molecule has 0 bridgehead atoms. The summed E-state index contributed by atoms with van der Waals surface area (Å²) in [7, 11) is 0. The van der Waals surface area contributed by atoms with Crippen LogP contribution in [0, 0.1) is 20.8 Å². The summed E-state index contributed by atoms with van der Waals surface area (Å²) in [4.78, 5) is 4.79. The third-order valence-corrected chi connectivity index (χ3v) is 5.73. The largest absolute Gasteiger partial charge is 0.491 e. The summed E-state index contributed by atoms with van der Waals surface area (Å²) in [6, 6.07) is 14.5. The van der Waals surface area contributed by atoms with Gasteiger partial charge in [-0.05, 0) is 43.5 Å². The third-order valence-electron chi connectivity index (χ3n) is 5.73. The highest BCUT2D eigenvalue weighted by molar-refractivity contribution is 5.32. The zero-order valence-corrected chi connectivity index (χ0v) is 18.6. The molecule has 0 amide bonds. The van der Waals surface area contributed by atoms with Crippen molar-refractivity contribution in [3.63, 3.8) is 0 Å². The van der Waals surface area contributed by atoms with E-state index in [0.717, 1.165) is 57.3 Å². The van der Waals surface area contributed by atoms with E-state index < -0.39 is 6.10 Å². The number of hydrogen-bond donors (Lipinski definition) is 1. The highest BCUT2D eigenvalue weighted by Crippen LogP contribution is 2.17. The monoisotopic (exact) mass is 412 g/mol. The van der Waals surface area contributed by atoms with Gasteiger partial charge in [0, 0.05) is 39.3 Å². The lowest BCUT2D eigenvalue weighted by atomic mass is 10.0. The van der Waals surface area contributed by atoms with Crippen molar-refractivity contribution >= 4 is 0 Å². The summed E-state index contributed by atoms with van der Waals surface area (Å²) in [5.41, 5.74) is 4.98. The number of benzene rings is 2. The number of para-hydroxylation sites is 1. The molecule has 0 radical (unpaired) electrons. The highest BCUT2D eigenvalue weighted by atomic mass is 16.5. The maximum atomic E-state index is 10.7. The van der Waals surface area contributed by atoms with Crippen LogP contribution >= 0.6 is 0 Å². The minimum Gasteiger partial charge on any atom is -0.491 e. The molecule has 0 spiro atoms. The van der Waals surface area contributed by atoms with Gasteiger partial charge < -0.3 is 14.6 Å². The predicted octanol–water partition coefficient (Wildman–Crippen LogP) is 3.19. The average Bonchev–Trinajstić information content (AvgIpc) is 2.75. The minimum absolute atomic E-state index is 0.297. The Bertz CT molecular complexity index is 790. The van der Waals surface area contributed by atoms with E-state index in [9.17, 15) is 5.11 Å². The van der Waals surface area contributed by atoms with Gasteiger partial charge in [-0.1, -0.05) is 42.0 Å². The van der Waals surface area contributed by atoms with Gasteiger partial charge in [0.15, 0.2) is 0 Å². The van der Waals surface area contributed by atoms with Gasteiger partial charge in [0.2, 0.25) is 0 Å². The molecule has 0 saturated carbocycles. The Balaban J connectivity index is 1.60. The van der Waals surface area contributed by atoms with Crippen LogP contribution in [0.3, 0.4) is 0 Å². The first-order valence-electron chi connectivity index (χ1n) is 11.0. The second-order valence-electron chi connectivity index (χ2n) is 8.35. The van der Waals surface area contributed by atoms with Crippen LogP contribution in [0.15, 0.2) is 42.5 Å². The molecule has 1 heterocycles. The molecule has 30 heavy (non-hydrogen) atoms. The van der Waals surface area contributed by atoms with Crippen LogP contribution in [0.25, 0.3) is 0 Å². The van der Waals surface area contributed by atoms with Crippen LogP contribution in [0.2, 0.25) is 0 Å². The first-order valence-corrected chi connectivity index (χ1v) is 11.0. The van der Waals surface area contributed by atoms with E-state index in [2.05, 4.69) is 41.8 Å². The van der Waals surface area contributed by atoms with Crippen molar-refractivity contribution < 1.29 is 14.6 Å². The summed E-state index contributed by atoms with van der Waals surface area (Å²) in [6.07, 6.45) is -0.542. The predicted molar refractivity (Wildman–Crippen MR) is 121 cm³/mol. The second-order valence-corrected chi connectivity index (χ2v) is 8.35. The molecule has 1 aliphatic heterocycles. The minimum atomic E-state index is -0.542. The average molecular weight is 413 g/mol. The molecular formula is C25H36N2O3. The van der Waals surface area contributed by atoms with Crippen LogP contribution in [0.1, 0.15) is 22.3 Å². The third kappa shape index (κ3) is 7.10. The van der Waals surface area contributed by atoms with Crippen molar-refractivity contribution in [3.05, 3.63) is 64.7 Å². The van der Waals surface area contributed by atoms with Gasteiger partial charge in [0.05, 0.1) is 13.2 Å². The Kier molecular flexibility index (Phi) is 8.70. The maximum Gasteiger partial charge on any atom is 0.122 e. The Morgan fingerprint density at radius 1 is 1.07 bits per heavy atom. The summed E-state index contributed by atoms with van der Waals surface area (Å²) < 4.78 is 11.4. The molecule has 1 atom stereocenters. The van der Waals surface area contributed by atoms with Gasteiger partial charge in [0.25, 0.3) is 0 Å². The van der Waals surface area contributed by atoms with Crippen molar-refractivity contribution in [3.8, 4) is 5.75 Å². The molecule has 2 aromatic carbocycles. The fraction of sp³-hybridized carbons (Fsp3) is 0.520. The van der Waals surface area contributed by atoms with Gasteiger partial charge in [0.1, 0.15) is 18.5 Å². The molecule has 1 aliphatic rings. The zero-order valence-electron chi connectivity index (χ0n) is 18.6. The van der Waals surface area contributed by atoms with Crippen molar-refractivity contribution in [2.45, 2.75) is 33.4 Å². The number of morpholine rings is 1. The first-order chi connectivity index (χ1) is 14.5. The Labute approximate surface area is 181 Å². The molecule has 0 unspecified atom stereocenters. The van der Waals surface area contributed by atoms with Crippen LogP contribution in [-0.2, 0) is 11.3 Å². The molecule has 5 nitrogen and oxygen atoms in total. The van der Waals surface area contributed by atoms with E-state index in [-0.39, 0.29) is 0 Å². The van der Waals surface area contributed by atoms with Gasteiger partial charge in [-0.2, -0.15) is 0 Å². The molecule has 5 heteroatoms. The molecule has 1 fully saturated rings. The van der Waals surface area contributed by atoms with Crippen LogP contribution < -0.4 is 4.74 Å². The van der Waals surface area contributed by atoms with Gasteiger partial charge in [-0.25, -0.2) is 0 Å². The van der Waals surface area contributed by atoms with Crippen LogP contribution in [0.4, 0.5) is 0 Å². The summed E-state index contributed by atoms with van der Waals surface area (Å²) in [5.74, 6) is 0.839. The van der Waals surface area contributed by atoms with Gasteiger partial charge in [-0.3, -0.25) is 9.80 Å². The number of aliphatic hydroxyl groups is 1. The van der Waals surface area contributed by atoms with Crippen LogP contribution in [0.5, 0.6) is 5.75 Å². The molecule has 1 N–H and O–H groups in total. The molecule has 1 saturated heterocycles. The molecule has 3 rings (SSSR count). The topological polar surface area (TPSA) is 45.2 Å². The number of nitrogens with zero attached hydrogens (tertiary/aromatic N) is 2. The number of rotatable bonds is 10. The summed E-state index contributed by atoms with van der Waals surface area (Å²) in [6.45, 7) is 13.5. The molecular weight excluding hydrogens is 376 g/mol. The number of aliphatic hydroxyl groups excluding tert-OH is 1. The van der Waals surface area contributed by atoms with E-state index in [1.54, 1.807) is 0 Å². The van der Waals surface area contributed by atoms with Crippen molar-refractivity contribution in [2.75, 3.05) is 52.5 Å². The number of aryl methyl sites for hydroxylation is 3. The Morgan fingerprint density at radius 3 is 2.60 bits per heavy atom. The number of hydrogen-bond acceptors (Lipinski definition) is 5. The molecule has 164 valence electrons. The molecule has 0 aliphatic carbocycles. The summed E-state index contributed by atoms with van der Waals surface area (Å²) >= 11 is 0. The van der Waals surface area contributed by atoms with E-state index >= 15 is 0 Å². The summed E-state index contributed by atoms with van der Waals surface area (Å²) in [5, 5.41) is 10.7.